The first-order valence-electron chi connectivity index (χ1n) is 7.94. The van der Waals surface area contributed by atoms with E-state index >= 15 is 0 Å². The van der Waals surface area contributed by atoms with Crippen molar-refractivity contribution in [1.29, 1.82) is 0 Å². The summed E-state index contributed by atoms with van der Waals surface area (Å²) in [7, 11) is 0. The Balaban J connectivity index is 0.000000307. The zero-order valence-corrected chi connectivity index (χ0v) is 14.0. The van der Waals surface area contributed by atoms with E-state index in [0.29, 0.717) is 5.41 Å². The lowest BCUT2D eigenvalue weighted by atomic mass is 9.46. The van der Waals surface area contributed by atoms with Crippen LogP contribution in [0.4, 0.5) is 0 Å². The van der Waals surface area contributed by atoms with E-state index in [-0.39, 0.29) is 5.78 Å². The lowest BCUT2D eigenvalue weighted by molar-refractivity contribution is -0.114. The van der Waals surface area contributed by atoms with Crippen LogP contribution in [0, 0.1) is 23.2 Å². The molecule has 3 fully saturated rings. The number of nitrogens with two attached hydrogens (primary N) is 1. The molecule has 0 heterocycles. The van der Waals surface area contributed by atoms with E-state index < -0.39 is 0 Å². The Morgan fingerprint density at radius 2 is 1.79 bits per heavy atom. The van der Waals surface area contributed by atoms with Crippen LogP contribution in [0.25, 0.3) is 0 Å². The van der Waals surface area contributed by atoms with Crippen molar-refractivity contribution in [3.8, 4) is 0 Å². The predicted octanol–water partition coefficient (Wildman–Crippen LogP) is 4.42. The van der Waals surface area contributed by atoms with E-state index in [9.17, 15) is 4.79 Å². The molecule has 0 aromatic heterocycles. The molecule has 3 saturated carbocycles. The molecule has 2 nitrogen and oxygen atoms in total. The second-order valence-corrected chi connectivity index (χ2v) is 6.97. The van der Waals surface area contributed by atoms with Crippen LogP contribution in [-0.2, 0) is 4.79 Å². The second-order valence-electron chi connectivity index (χ2n) is 6.97. The Bertz CT molecular complexity index is 252. The van der Waals surface area contributed by atoms with Crippen LogP contribution in [0.15, 0.2) is 0 Å². The summed E-state index contributed by atoms with van der Waals surface area (Å²) >= 11 is 0. The van der Waals surface area contributed by atoms with Gasteiger partial charge in [0.05, 0.1) is 0 Å². The van der Waals surface area contributed by atoms with Gasteiger partial charge in [0.15, 0.2) is 0 Å². The maximum Gasteiger partial charge on any atom is 0.126 e. The average Bonchev–Trinajstić information content (AvgIpc) is 2.29. The average molecular weight is 269 g/mol. The largest absolute Gasteiger partial charge is 0.330 e. The minimum atomic E-state index is 0.167. The van der Waals surface area contributed by atoms with Gasteiger partial charge in [-0.1, -0.05) is 40.5 Å². The maximum atomic E-state index is 9.44. The fraction of sp³-hybridized carbons (Fsp3) is 0.941. The molecule has 3 aliphatic rings. The molecule has 0 amide bonds. The molecule has 19 heavy (non-hydrogen) atoms. The first-order chi connectivity index (χ1) is 8.77. The minimum Gasteiger partial charge on any atom is -0.330 e. The molecule has 0 aromatic carbocycles. The molecule has 3 atom stereocenters. The van der Waals surface area contributed by atoms with Crippen molar-refractivity contribution in [2.24, 2.45) is 28.9 Å². The van der Waals surface area contributed by atoms with Crippen LogP contribution in [0.2, 0.25) is 0 Å². The van der Waals surface area contributed by atoms with E-state index in [1.807, 2.05) is 0 Å². The highest BCUT2D eigenvalue weighted by molar-refractivity contribution is 5.72. The number of carbonyl (C=O) groups excluding carboxylic acids is 1. The molecule has 0 saturated heterocycles. The van der Waals surface area contributed by atoms with Crippen molar-refractivity contribution in [2.75, 3.05) is 6.54 Å². The number of unbranched alkanes of at least 4 members (excludes halogenated alkanes) is 1. The SMILES string of the molecule is CC(C)=O.CC1CCC2CC1C2(C)C.CCCCN. The Labute approximate surface area is 120 Å². The summed E-state index contributed by atoms with van der Waals surface area (Å²) in [5, 5.41) is 0. The third kappa shape index (κ3) is 6.07. The van der Waals surface area contributed by atoms with Crippen molar-refractivity contribution < 1.29 is 4.79 Å². The fourth-order valence-corrected chi connectivity index (χ4v) is 3.38. The van der Waals surface area contributed by atoms with Crippen LogP contribution in [0.1, 0.15) is 73.6 Å². The summed E-state index contributed by atoms with van der Waals surface area (Å²) in [5.41, 5.74) is 5.85. The van der Waals surface area contributed by atoms with Crippen LogP contribution in [0.3, 0.4) is 0 Å². The van der Waals surface area contributed by atoms with Gasteiger partial charge in [0.2, 0.25) is 0 Å². The molecule has 0 radical (unpaired) electrons. The van der Waals surface area contributed by atoms with Crippen LogP contribution >= 0.6 is 0 Å². The molecular weight excluding hydrogens is 234 g/mol. The monoisotopic (exact) mass is 269 g/mol. The van der Waals surface area contributed by atoms with Crippen LogP contribution in [-0.4, -0.2) is 12.3 Å². The number of carbonyl (C=O) groups is 1. The lowest BCUT2D eigenvalue weighted by Gasteiger charge is -2.59. The molecule has 2 N–H and O–H groups in total. The van der Waals surface area contributed by atoms with Gasteiger partial charge in [0.25, 0.3) is 0 Å². The summed E-state index contributed by atoms with van der Waals surface area (Å²) in [6.45, 7) is 13.4. The van der Waals surface area contributed by atoms with E-state index in [1.54, 1.807) is 0 Å². The standard InChI is InChI=1S/C10H18.C4H11N.C3H6O/c1-7-4-5-8-6-9(7)10(8,2)3;1-2-3-4-5;1-3(2)4/h7-9H,4-6H2,1-3H3;2-5H2,1H3;1-2H3. The first-order valence-corrected chi connectivity index (χ1v) is 7.94. The highest BCUT2D eigenvalue weighted by Crippen LogP contribution is 2.61. The van der Waals surface area contributed by atoms with Gasteiger partial charge in [-0.05, 0) is 62.8 Å². The Morgan fingerprint density at radius 3 is 1.95 bits per heavy atom. The van der Waals surface area contributed by atoms with E-state index in [4.69, 9.17) is 5.73 Å². The van der Waals surface area contributed by atoms with Crippen molar-refractivity contribution in [1.82, 2.24) is 0 Å². The smallest absolute Gasteiger partial charge is 0.126 e. The van der Waals surface area contributed by atoms with Gasteiger partial charge in [-0.3, -0.25) is 0 Å². The van der Waals surface area contributed by atoms with E-state index in [2.05, 4.69) is 27.7 Å². The van der Waals surface area contributed by atoms with Crippen molar-refractivity contribution in [3.05, 3.63) is 0 Å². The summed E-state index contributed by atoms with van der Waals surface area (Å²) in [6, 6.07) is 0. The summed E-state index contributed by atoms with van der Waals surface area (Å²) in [5.74, 6) is 3.32. The Morgan fingerprint density at radius 1 is 1.26 bits per heavy atom. The van der Waals surface area contributed by atoms with Gasteiger partial charge in [-0.2, -0.15) is 0 Å². The maximum absolute atomic E-state index is 9.44. The Hall–Kier alpha value is -0.370. The highest BCUT2D eigenvalue weighted by Gasteiger charge is 2.52. The number of rotatable bonds is 2. The van der Waals surface area contributed by atoms with Crippen molar-refractivity contribution in [3.63, 3.8) is 0 Å². The molecule has 2 bridgehead atoms. The third-order valence-electron chi connectivity index (χ3n) is 4.76. The van der Waals surface area contributed by atoms with Crippen molar-refractivity contribution in [2.45, 2.75) is 73.6 Å². The van der Waals surface area contributed by atoms with Gasteiger partial charge >= 0.3 is 0 Å². The normalized spacial score (nSPS) is 29.9. The molecule has 3 rings (SSSR count). The second kappa shape index (κ2) is 8.73. The van der Waals surface area contributed by atoms with E-state index in [0.717, 1.165) is 24.3 Å². The quantitative estimate of drug-likeness (QED) is 0.806. The van der Waals surface area contributed by atoms with E-state index in [1.165, 1.54) is 46.0 Å². The first kappa shape index (κ1) is 18.6. The topological polar surface area (TPSA) is 43.1 Å². The predicted molar refractivity (Wildman–Crippen MR) is 84.1 cm³/mol. The molecule has 3 unspecified atom stereocenters. The van der Waals surface area contributed by atoms with Gasteiger partial charge in [-0.25, -0.2) is 0 Å². The summed E-state index contributed by atoms with van der Waals surface area (Å²) in [6.07, 6.45) is 6.92. The summed E-state index contributed by atoms with van der Waals surface area (Å²) < 4.78 is 0. The number of Topliss-reactive ketones (excluding diaryl/α,β-unsaturated/α-hetero) is 1. The molecule has 2 heteroatoms. The number of hydrogen-bond acceptors (Lipinski definition) is 2. The number of fused-ring (bicyclic) bond motifs is 2. The molecule has 0 aromatic rings. The third-order valence-corrected chi connectivity index (χ3v) is 4.76. The van der Waals surface area contributed by atoms with Crippen LogP contribution in [0.5, 0.6) is 0 Å². The minimum absolute atomic E-state index is 0.167. The molecular formula is C17H35NO. The Kier molecular flexibility index (Phi) is 8.56. The molecule has 0 spiro atoms. The molecule has 0 aliphatic heterocycles. The zero-order valence-electron chi connectivity index (χ0n) is 14.0. The van der Waals surface area contributed by atoms with Gasteiger partial charge in [0.1, 0.15) is 5.78 Å². The summed E-state index contributed by atoms with van der Waals surface area (Å²) in [4.78, 5) is 9.44. The lowest BCUT2D eigenvalue weighted by Crippen LogP contribution is -2.51. The zero-order chi connectivity index (χ0) is 15.1. The van der Waals surface area contributed by atoms with Crippen LogP contribution < -0.4 is 5.73 Å². The number of hydrogen-bond donors (Lipinski definition) is 1. The van der Waals surface area contributed by atoms with Crippen molar-refractivity contribution >= 4 is 5.78 Å². The van der Waals surface area contributed by atoms with Gasteiger partial charge in [-0.15, -0.1) is 0 Å². The van der Waals surface area contributed by atoms with Gasteiger partial charge in [0, 0.05) is 0 Å². The molecule has 114 valence electrons. The number of ketones is 1. The van der Waals surface area contributed by atoms with Gasteiger partial charge < -0.3 is 10.5 Å². The molecule has 3 aliphatic carbocycles. The fourth-order valence-electron chi connectivity index (χ4n) is 3.38. The highest BCUT2D eigenvalue weighted by atomic mass is 16.1.